The van der Waals surface area contributed by atoms with Gasteiger partial charge in [0.25, 0.3) is 0 Å². The second-order valence-electron chi connectivity index (χ2n) is 4.27. The molecule has 2 aromatic heterocycles. The molecule has 0 fully saturated rings. The van der Waals surface area contributed by atoms with Crippen molar-refractivity contribution >= 4 is 5.97 Å². The van der Waals surface area contributed by atoms with Gasteiger partial charge in [-0.1, -0.05) is 0 Å². The van der Waals surface area contributed by atoms with Crippen molar-refractivity contribution in [3.8, 4) is 0 Å². The standard InChI is InChI=1S/C12H15N3O3/c1-14(6-9-5-13-15(2)7-9)8-10-3-4-11(18-10)12(16)17/h3-5,7H,6,8H2,1-2H3,(H,16,17). The molecule has 0 aliphatic rings. The van der Waals surface area contributed by atoms with Gasteiger partial charge < -0.3 is 9.52 Å². The number of aryl methyl sites for hydroxylation is 1. The maximum Gasteiger partial charge on any atom is 0.371 e. The van der Waals surface area contributed by atoms with E-state index in [0.29, 0.717) is 12.3 Å². The van der Waals surface area contributed by atoms with Crippen LogP contribution in [0, 0.1) is 0 Å². The second kappa shape index (κ2) is 5.05. The minimum absolute atomic E-state index is 0.0280. The highest BCUT2D eigenvalue weighted by Gasteiger charge is 2.11. The van der Waals surface area contributed by atoms with E-state index in [1.54, 1.807) is 16.9 Å². The van der Waals surface area contributed by atoms with E-state index < -0.39 is 5.97 Å². The number of carboxylic acid groups (broad SMARTS) is 1. The maximum absolute atomic E-state index is 10.7. The number of nitrogens with zero attached hydrogens (tertiary/aromatic N) is 3. The molecule has 0 atom stereocenters. The fourth-order valence-electron chi connectivity index (χ4n) is 1.76. The monoisotopic (exact) mass is 249 g/mol. The SMILES string of the molecule is CN(Cc1cnn(C)c1)Cc1ccc(C(=O)O)o1. The van der Waals surface area contributed by atoms with Crippen LogP contribution in [0.2, 0.25) is 0 Å². The molecular weight excluding hydrogens is 234 g/mol. The summed E-state index contributed by atoms with van der Waals surface area (Å²) in [6, 6.07) is 3.15. The lowest BCUT2D eigenvalue weighted by atomic mass is 10.3. The highest BCUT2D eigenvalue weighted by Crippen LogP contribution is 2.11. The Morgan fingerprint density at radius 2 is 2.28 bits per heavy atom. The Bertz CT molecular complexity index is 544. The molecule has 0 unspecified atom stereocenters. The summed E-state index contributed by atoms with van der Waals surface area (Å²) in [6.45, 7) is 1.29. The van der Waals surface area contributed by atoms with Crippen LogP contribution in [0.4, 0.5) is 0 Å². The molecule has 0 aromatic carbocycles. The number of hydrogen-bond acceptors (Lipinski definition) is 4. The number of furan rings is 1. The predicted molar refractivity (Wildman–Crippen MR) is 64.0 cm³/mol. The Kier molecular flexibility index (Phi) is 3.47. The summed E-state index contributed by atoms with van der Waals surface area (Å²) in [5, 5.41) is 12.8. The Hall–Kier alpha value is -2.08. The van der Waals surface area contributed by atoms with E-state index in [4.69, 9.17) is 9.52 Å². The molecule has 96 valence electrons. The van der Waals surface area contributed by atoms with Crippen LogP contribution in [0.15, 0.2) is 28.9 Å². The van der Waals surface area contributed by atoms with Crippen molar-refractivity contribution in [2.45, 2.75) is 13.1 Å². The van der Waals surface area contributed by atoms with E-state index in [9.17, 15) is 4.79 Å². The van der Waals surface area contributed by atoms with Crippen LogP contribution in [0.3, 0.4) is 0 Å². The zero-order valence-electron chi connectivity index (χ0n) is 10.3. The molecule has 18 heavy (non-hydrogen) atoms. The molecule has 0 aliphatic carbocycles. The van der Waals surface area contributed by atoms with E-state index in [0.717, 1.165) is 12.1 Å². The second-order valence-corrected chi connectivity index (χ2v) is 4.27. The minimum Gasteiger partial charge on any atom is -0.475 e. The summed E-state index contributed by atoms with van der Waals surface area (Å²) in [5.41, 5.74) is 1.10. The number of aromatic carboxylic acids is 1. The minimum atomic E-state index is -1.05. The first kappa shape index (κ1) is 12.4. The van der Waals surface area contributed by atoms with Crippen molar-refractivity contribution in [1.29, 1.82) is 0 Å². The van der Waals surface area contributed by atoms with Gasteiger partial charge in [-0.25, -0.2) is 4.79 Å². The largest absolute Gasteiger partial charge is 0.475 e. The third-order valence-electron chi connectivity index (χ3n) is 2.51. The normalized spacial score (nSPS) is 11.1. The molecule has 0 amide bonds. The van der Waals surface area contributed by atoms with Gasteiger partial charge in [0.05, 0.1) is 12.7 Å². The van der Waals surface area contributed by atoms with Crippen LogP contribution >= 0.6 is 0 Å². The van der Waals surface area contributed by atoms with E-state index >= 15 is 0 Å². The van der Waals surface area contributed by atoms with Crippen LogP contribution in [0.1, 0.15) is 21.9 Å². The van der Waals surface area contributed by atoms with Crippen LogP contribution in [-0.4, -0.2) is 32.8 Å². The van der Waals surface area contributed by atoms with Crippen molar-refractivity contribution < 1.29 is 14.3 Å². The average molecular weight is 249 g/mol. The molecule has 0 radical (unpaired) electrons. The maximum atomic E-state index is 10.7. The molecule has 0 bridgehead atoms. The molecule has 2 rings (SSSR count). The molecule has 6 nitrogen and oxygen atoms in total. The van der Waals surface area contributed by atoms with E-state index in [1.807, 2.05) is 25.2 Å². The number of carboxylic acids is 1. The molecule has 6 heteroatoms. The van der Waals surface area contributed by atoms with Crippen LogP contribution in [0.5, 0.6) is 0 Å². The van der Waals surface area contributed by atoms with Gasteiger partial charge in [-0.15, -0.1) is 0 Å². The first-order valence-electron chi connectivity index (χ1n) is 5.52. The summed E-state index contributed by atoms with van der Waals surface area (Å²) >= 11 is 0. The zero-order chi connectivity index (χ0) is 13.1. The van der Waals surface area contributed by atoms with E-state index in [1.165, 1.54) is 6.07 Å². The van der Waals surface area contributed by atoms with E-state index in [-0.39, 0.29) is 5.76 Å². The number of hydrogen-bond donors (Lipinski definition) is 1. The Labute approximate surface area is 104 Å². The molecule has 0 saturated heterocycles. The molecule has 0 aliphatic heterocycles. The fourth-order valence-corrected chi connectivity index (χ4v) is 1.76. The Morgan fingerprint density at radius 1 is 1.50 bits per heavy atom. The van der Waals surface area contributed by atoms with Crippen molar-refractivity contribution in [3.63, 3.8) is 0 Å². The fraction of sp³-hybridized carbons (Fsp3) is 0.333. The summed E-state index contributed by atoms with van der Waals surface area (Å²) in [7, 11) is 3.81. The van der Waals surface area contributed by atoms with E-state index in [2.05, 4.69) is 5.10 Å². The summed E-state index contributed by atoms with van der Waals surface area (Å²) < 4.78 is 6.95. The third-order valence-corrected chi connectivity index (χ3v) is 2.51. The molecular formula is C12H15N3O3. The first-order valence-corrected chi connectivity index (χ1v) is 5.52. The Morgan fingerprint density at radius 3 is 2.83 bits per heavy atom. The van der Waals surface area contributed by atoms with Gasteiger partial charge in [-0.3, -0.25) is 9.58 Å². The molecule has 1 N–H and O–H groups in total. The van der Waals surface area contributed by atoms with Crippen molar-refractivity contribution in [1.82, 2.24) is 14.7 Å². The quantitative estimate of drug-likeness (QED) is 0.865. The summed E-state index contributed by atoms with van der Waals surface area (Å²) in [4.78, 5) is 12.7. The van der Waals surface area contributed by atoms with Gasteiger partial charge in [0.2, 0.25) is 5.76 Å². The lowest BCUT2D eigenvalue weighted by Gasteiger charge is -2.13. The van der Waals surface area contributed by atoms with Gasteiger partial charge in [-0.05, 0) is 19.2 Å². The van der Waals surface area contributed by atoms with Gasteiger partial charge in [0.15, 0.2) is 0 Å². The number of rotatable bonds is 5. The topological polar surface area (TPSA) is 71.5 Å². The number of carbonyl (C=O) groups is 1. The van der Waals surface area contributed by atoms with Crippen LogP contribution in [0.25, 0.3) is 0 Å². The van der Waals surface area contributed by atoms with Crippen molar-refractivity contribution in [3.05, 3.63) is 41.6 Å². The van der Waals surface area contributed by atoms with Crippen LogP contribution < -0.4 is 0 Å². The van der Waals surface area contributed by atoms with Gasteiger partial charge in [0.1, 0.15) is 5.76 Å². The molecule has 2 heterocycles. The lowest BCUT2D eigenvalue weighted by molar-refractivity contribution is 0.0658. The summed E-state index contributed by atoms with van der Waals surface area (Å²) in [6.07, 6.45) is 3.75. The highest BCUT2D eigenvalue weighted by atomic mass is 16.4. The van der Waals surface area contributed by atoms with Gasteiger partial charge >= 0.3 is 5.97 Å². The highest BCUT2D eigenvalue weighted by molar-refractivity contribution is 5.84. The summed E-state index contributed by atoms with van der Waals surface area (Å²) in [5.74, 6) is -0.435. The van der Waals surface area contributed by atoms with Crippen molar-refractivity contribution in [2.75, 3.05) is 7.05 Å². The predicted octanol–water partition coefficient (Wildman–Crippen LogP) is 1.34. The molecule has 0 saturated carbocycles. The van der Waals surface area contributed by atoms with Crippen molar-refractivity contribution in [2.24, 2.45) is 7.05 Å². The lowest BCUT2D eigenvalue weighted by Crippen LogP contribution is -2.16. The third kappa shape index (κ3) is 2.98. The number of aromatic nitrogens is 2. The smallest absolute Gasteiger partial charge is 0.371 e. The molecule has 2 aromatic rings. The average Bonchev–Trinajstić information content (AvgIpc) is 2.88. The van der Waals surface area contributed by atoms with Gasteiger partial charge in [-0.2, -0.15) is 5.10 Å². The van der Waals surface area contributed by atoms with Gasteiger partial charge in [0, 0.05) is 25.4 Å². The first-order chi connectivity index (χ1) is 8.54. The Balaban J connectivity index is 1.94. The van der Waals surface area contributed by atoms with Crippen LogP contribution in [-0.2, 0) is 20.1 Å². The molecule has 0 spiro atoms. The zero-order valence-corrected chi connectivity index (χ0v) is 10.3.